The average molecular weight is 334 g/mol. The van der Waals surface area contributed by atoms with E-state index in [-0.39, 0.29) is 0 Å². The van der Waals surface area contributed by atoms with Gasteiger partial charge in [-0.25, -0.2) is 4.98 Å². The molecule has 2 aromatic rings. The van der Waals surface area contributed by atoms with Crippen LogP contribution in [0.2, 0.25) is 0 Å². The molecule has 23 heavy (non-hydrogen) atoms. The van der Waals surface area contributed by atoms with Crippen LogP contribution in [0.25, 0.3) is 0 Å². The molecule has 1 aromatic heterocycles. The van der Waals surface area contributed by atoms with Crippen LogP contribution in [0.1, 0.15) is 32.9 Å². The summed E-state index contributed by atoms with van der Waals surface area (Å²) >= 11 is 1.65. The molecule has 0 saturated heterocycles. The number of nitrogens with zero attached hydrogens (tertiary/aromatic N) is 1. The fraction of sp³-hybridized carbons (Fsp3) is 0.500. The molecule has 0 unspecified atom stereocenters. The summed E-state index contributed by atoms with van der Waals surface area (Å²) in [5.41, 5.74) is 2.17. The molecule has 2 N–H and O–H groups in total. The lowest BCUT2D eigenvalue weighted by Gasteiger charge is -2.09. The predicted molar refractivity (Wildman–Crippen MR) is 99.0 cm³/mol. The van der Waals surface area contributed by atoms with Crippen molar-refractivity contribution in [1.29, 1.82) is 0 Å². The average Bonchev–Trinajstić information content (AvgIpc) is 2.98. The molecule has 1 heterocycles. The van der Waals surface area contributed by atoms with Crippen LogP contribution >= 0.6 is 11.3 Å². The van der Waals surface area contributed by atoms with Gasteiger partial charge in [0.05, 0.1) is 12.3 Å². The number of aromatic nitrogens is 1. The predicted octanol–water partition coefficient (Wildman–Crippen LogP) is 4.46. The molecule has 0 aliphatic rings. The second-order valence-corrected chi connectivity index (χ2v) is 6.86. The van der Waals surface area contributed by atoms with Crippen LogP contribution in [0, 0.1) is 5.92 Å². The van der Waals surface area contributed by atoms with Gasteiger partial charge in [-0.15, -0.1) is 11.3 Å². The van der Waals surface area contributed by atoms with Gasteiger partial charge in [-0.1, -0.05) is 20.8 Å². The highest BCUT2D eigenvalue weighted by Gasteiger charge is 2.03. The minimum Gasteiger partial charge on any atom is -0.493 e. The summed E-state index contributed by atoms with van der Waals surface area (Å²) in [5.74, 6) is 1.44. The maximum Gasteiger partial charge on any atom is 0.187 e. The van der Waals surface area contributed by atoms with E-state index in [4.69, 9.17) is 4.74 Å². The van der Waals surface area contributed by atoms with E-state index in [1.54, 1.807) is 11.3 Å². The molecule has 0 aliphatic carbocycles. The van der Waals surface area contributed by atoms with Crippen molar-refractivity contribution in [1.82, 2.24) is 10.3 Å². The molecule has 0 aliphatic heterocycles. The number of anilines is 2. The first kappa shape index (κ1) is 17.8. The monoisotopic (exact) mass is 333 g/mol. The van der Waals surface area contributed by atoms with Gasteiger partial charge in [0.25, 0.3) is 0 Å². The molecule has 5 heteroatoms. The molecule has 126 valence electrons. The van der Waals surface area contributed by atoms with Crippen LogP contribution < -0.4 is 15.4 Å². The Bertz CT molecular complexity index is 566. The maximum atomic E-state index is 5.69. The topological polar surface area (TPSA) is 46.2 Å². The van der Waals surface area contributed by atoms with E-state index >= 15 is 0 Å². The number of hydrogen-bond donors (Lipinski definition) is 2. The molecule has 0 spiro atoms. The first-order valence-corrected chi connectivity index (χ1v) is 9.20. The molecule has 2 rings (SSSR count). The fourth-order valence-electron chi connectivity index (χ4n) is 2.02. The zero-order valence-electron chi connectivity index (χ0n) is 14.3. The minimum absolute atomic E-state index is 0.536. The van der Waals surface area contributed by atoms with Gasteiger partial charge < -0.3 is 15.4 Å². The van der Waals surface area contributed by atoms with Gasteiger partial charge in [0.1, 0.15) is 5.75 Å². The molecule has 1 aromatic carbocycles. The quantitative estimate of drug-likeness (QED) is 0.630. The molecule has 0 radical (unpaired) electrons. The highest BCUT2D eigenvalue weighted by Crippen LogP contribution is 2.23. The standard InChI is InChI=1S/C18H27N3OS/c1-4-10-19-11-9-16-13-23-18(21-16)20-15-5-7-17(8-6-15)22-12-14(2)3/h5-8,13-14,19H,4,9-12H2,1-3H3,(H,20,21). The Kier molecular flexibility index (Phi) is 7.36. The number of rotatable bonds is 10. The Morgan fingerprint density at radius 3 is 2.65 bits per heavy atom. The van der Waals surface area contributed by atoms with Gasteiger partial charge in [0.15, 0.2) is 5.13 Å². The van der Waals surface area contributed by atoms with Gasteiger partial charge in [-0.2, -0.15) is 0 Å². The fourth-order valence-corrected chi connectivity index (χ4v) is 2.78. The SMILES string of the molecule is CCCNCCc1csc(Nc2ccc(OCC(C)C)cc2)n1. The van der Waals surface area contributed by atoms with Crippen LogP contribution in [-0.4, -0.2) is 24.7 Å². The Balaban J connectivity index is 1.81. The third-order valence-electron chi connectivity index (χ3n) is 3.23. The molecule has 0 amide bonds. The summed E-state index contributed by atoms with van der Waals surface area (Å²) < 4.78 is 5.69. The number of benzene rings is 1. The van der Waals surface area contributed by atoms with E-state index in [2.05, 4.69) is 41.8 Å². The Morgan fingerprint density at radius 1 is 1.17 bits per heavy atom. The Hall–Kier alpha value is -1.59. The highest BCUT2D eigenvalue weighted by atomic mass is 32.1. The lowest BCUT2D eigenvalue weighted by Crippen LogP contribution is -2.17. The summed E-state index contributed by atoms with van der Waals surface area (Å²) in [6.07, 6.45) is 2.14. The van der Waals surface area contributed by atoms with Crippen molar-refractivity contribution in [3.05, 3.63) is 35.3 Å². The van der Waals surface area contributed by atoms with Crippen LogP contribution in [0.5, 0.6) is 5.75 Å². The van der Waals surface area contributed by atoms with Crippen molar-refractivity contribution in [2.45, 2.75) is 33.6 Å². The lowest BCUT2D eigenvalue weighted by molar-refractivity contribution is 0.271. The van der Waals surface area contributed by atoms with E-state index < -0.39 is 0 Å². The van der Waals surface area contributed by atoms with Crippen molar-refractivity contribution in [3.63, 3.8) is 0 Å². The maximum absolute atomic E-state index is 5.69. The first-order chi connectivity index (χ1) is 11.2. The minimum atomic E-state index is 0.536. The van der Waals surface area contributed by atoms with E-state index in [0.29, 0.717) is 5.92 Å². The van der Waals surface area contributed by atoms with Crippen molar-refractivity contribution in [2.75, 3.05) is 25.0 Å². The second kappa shape index (κ2) is 9.53. The van der Waals surface area contributed by atoms with E-state index in [1.165, 1.54) is 6.42 Å². The van der Waals surface area contributed by atoms with Crippen molar-refractivity contribution in [3.8, 4) is 5.75 Å². The van der Waals surface area contributed by atoms with Crippen LogP contribution in [-0.2, 0) is 6.42 Å². The molecule has 4 nitrogen and oxygen atoms in total. The summed E-state index contributed by atoms with van der Waals surface area (Å²) in [6.45, 7) is 9.27. The van der Waals surface area contributed by atoms with Gasteiger partial charge in [0.2, 0.25) is 0 Å². The number of thiazole rings is 1. The second-order valence-electron chi connectivity index (χ2n) is 6.00. The summed E-state index contributed by atoms with van der Waals surface area (Å²) in [6, 6.07) is 8.04. The van der Waals surface area contributed by atoms with Gasteiger partial charge >= 0.3 is 0 Å². The highest BCUT2D eigenvalue weighted by molar-refractivity contribution is 7.13. The summed E-state index contributed by atoms with van der Waals surface area (Å²) in [7, 11) is 0. The Morgan fingerprint density at radius 2 is 1.96 bits per heavy atom. The number of nitrogens with one attached hydrogen (secondary N) is 2. The normalized spacial score (nSPS) is 11.0. The lowest BCUT2D eigenvalue weighted by atomic mass is 10.2. The van der Waals surface area contributed by atoms with Gasteiger partial charge in [-0.3, -0.25) is 0 Å². The van der Waals surface area contributed by atoms with E-state index in [1.807, 2.05) is 24.3 Å². The van der Waals surface area contributed by atoms with E-state index in [0.717, 1.165) is 48.4 Å². The van der Waals surface area contributed by atoms with Gasteiger partial charge in [0, 0.05) is 24.0 Å². The molecular weight excluding hydrogens is 306 g/mol. The molecule has 0 saturated carbocycles. The first-order valence-electron chi connectivity index (χ1n) is 8.32. The zero-order valence-corrected chi connectivity index (χ0v) is 15.1. The number of ether oxygens (including phenoxy) is 1. The van der Waals surface area contributed by atoms with Crippen LogP contribution in [0.15, 0.2) is 29.6 Å². The van der Waals surface area contributed by atoms with Crippen molar-refractivity contribution < 1.29 is 4.74 Å². The molecular formula is C18H27N3OS. The van der Waals surface area contributed by atoms with Crippen LogP contribution in [0.4, 0.5) is 10.8 Å². The summed E-state index contributed by atoms with van der Waals surface area (Å²) in [4.78, 5) is 4.62. The third-order valence-corrected chi connectivity index (χ3v) is 4.03. The third kappa shape index (κ3) is 6.59. The molecule has 0 atom stereocenters. The van der Waals surface area contributed by atoms with Crippen molar-refractivity contribution in [2.24, 2.45) is 5.92 Å². The van der Waals surface area contributed by atoms with Gasteiger partial charge in [-0.05, 0) is 43.1 Å². The largest absolute Gasteiger partial charge is 0.493 e. The Labute approximate surface area is 143 Å². The summed E-state index contributed by atoms with van der Waals surface area (Å²) in [5, 5.41) is 9.81. The zero-order chi connectivity index (χ0) is 16.5. The molecule has 0 fully saturated rings. The number of hydrogen-bond acceptors (Lipinski definition) is 5. The van der Waals surface area contributed by atoms with Crippen LogP contribution in [0.3, 0.4) is 0 Å². The van der Waals surface area contributed by atoms with Crippen molar-refractivity contribution >= 4 is 22.2 Å². The molecule has 0 bridgehead atoms. The van der Waals surface area contributed by atoms with E-state index in [9.17, 15) is 0 Å². The smallest absolute Gasteiger partial charge is 0.187 e.